The highest BCUT2D eigenvalue weighted by atomic mass is 16.5. The normalized spacial score (nSPS) is 19.2. The van der Waals surface area contributed by atoms with Crippen LogP contribution in [0.1, 0.15) is 25.6 Å². The maximum atomic E-state index is 5.68. The van der Waals surface area contributed by atoms with E-state index in [9.17, 15) is 0 Å². The van der Waals surface area contributed by atoms with Crippen LogP contribution in [0.5, 0.6) is 0 Å². The molecule has 0 spiro atoms. The average Bonchev–Trinajstić information content (AvgIpc) is 2.90. The van der Waals surface area contributed by atoms with Gasteiger partial charge in [-0.15, -0.1) is 0 Å². The molecular formula is C17H26N6O. The highest BCUT2D eigenvalue weighted by molar-refractivity contribution is 5.36. The van der Waals surface area contributed by atoms with Gasteiger partial charge in [-0.3, -0.25) is 9.55 Å². The fraction of sp³-hybridized carbons (Fsp3) is 0.588. The number of nitrogens with zero attached hydrogens (tertiary/aromatic N) is 5. The average molecular weight is 330 g/mol. The van der Waals surface area contributed by atoms with Gasteiger partial charge in [-0.25, -0.2) is 9.97 Å². The predicted molar refractivity (Wildman–Crippen MR) is 93.5 cm³/mol. The van der Waals surface area contributed by atoms with Crippen molar-refractivity contribution < 1.29 is 4.74 Å². The number of rotatable bonds is 6. The van der Waals surface area contributed by atoms with Gasteiger partial charge >= 0.3 is 0 Å². The molecule has 0 aliphatic carbocycles. The topological polar surface area (TPSA) is 68.1 Å². The summed E-state index contributed by atoms with van der Waals surface area (Å²) >= 11 is 0. The Morgan fingerprint density at radius 2 is 2.29 bits per heavy atom. The monoisotopic (exact) mass is 330 g/mol. The third-order valence-corrected chi connectivity index (χ3v) is 4.19. The molecule has 0 unspecified atom stereocenters. The van der Waals surface area contributed by atoms with E-state index < -0.39 is 0 Å². The Balaban J connectivity index is 1.48. The van der Waals surface area contributed by atoms with Gasteiger partial charge in [0.25, 0.3) is 0 Å². The van der Waals surface area contributed by atoms with E-state index in [2.05, 4.69) is 32.1 Å². The second kappa shape index (κ2) is 8.21. The van der Waals surface area contributed by atoms with Crippen LogP contribution in [0, 0.1) is 6.92 Å². The molecular weight excluding hydrogens is 304 g/mol. The van der Waals surface area contributed by atoms with Gasteiger partial charge in [0.15, 0.2) is 5.82 Å². The summed E-state index contributed by atoms with van der Waals surface area (Å²) in [6.07, 6.45) is 9.70. The molecule has 0 amide bonds. The van der Waals surface area contributed by atoms with Crippen LogP contribution in [0.3, 0.4) is 0 Å². The minimum Gasteiger partial charge on any atom is -0.377 e. The number of hydrogen-bond acceptors (Lipinski definition) is 6. The molecule has 7 heteroatoms. The largest absolute Gasteiger partial charge is 0.377 e. The molecule has 3 heterocycles. The van der Waals surface area contributed by atoms with Crippen molar-refractivity contribution in [2.45, 2.75) is 32.8 Å². The molecule has 1 fully saturated rings. The van der Waals surface area contributed by atoms with Crippen LogP contribution in [0.25, 0.3) is 5.82 Å². The lowest BCUT2D eigenvalue weighted by Crippen LogP contribution is -2.32. The molecule has 0 aromatic carbocycles. The van der Waals surface area contributed by atoms with Gasteiger partial charge in [-0.1, -0.05) is 0 Å². The number of aromatic nitrogens is 4. The van der Waals surface area contributed by atoms with Crippen molar-refractivity contribution in [2.75, 3.05) is 38.1 Å². The maximum absolute atomic E-state index is 5.68. The van der Waals surface area contributed by atoms with Gasteiger partial charge in [-0.2, -0.15) is 0 Å². The Kier molecular flexibility index (Phi) is 5.77. The van der Waals surface area contributed by atoms with E-state index in [0.29, 0.717) is 6.10 Å². The van der Waals surface area contributed by atoms with E-state index in [1.807, 2.05) is 17.7 Å². The van der Waals surface area contributed by atoms with E-state index in [-0.39, 0.29) is 0 Å². The lowest BCUT2D eigenvalue weighted by molar-refractivity contribution is 0.0677. The Labute approximate surface area is 143 Å². The highest BCUT2D eigenvalue weighted by Crippen LogP contribution is 2.10. The molecule has 0 bridgehead atoms. The summed E-state index contributed by atoms with van der Waals surface area (Å²) in [6, 6.07) is 0. The van der Waals surface area contributed by atoms with Crippen LogP contribution in [-0.4, -0.2) is 63.3 Å². The summed E-state index contributed by atoms with van der Waals surface area (Å²) in [7, 11) is 0. The number of nitrogens with one attached hydrogen (secondary N) is 1. The van der Waals surface area contributed by atoms with E-state index in [1.165, 1.54) is 0 Å². The van der Waals surface area contributed by atoms with E-state index >= 15 is 0 Å². The summed E-state index contributed by atoms with van der Waals surface area (Å²) in [5, 5.41) is 3.37. The summed E-state index contributed by atoms with van der Waals surface area (Å²) in [5.74, 6) is 2.49. The predicted octanol–water partition coefficient (Wildman–Crippen LogP) is 1.88. The molecule has 1 N–H and O–H groups in total. The number of imidazole rings is 1. The molecule has 7 nitrogen and oxygen atoms in total. The van der Waals surface area contributed by atoms with Crippen LogP contribution in [0.15, 0.2) is 24.8 Å². The molecule has 0 saturated carbocycles. The number of hydrogen-bond donors (Lipinski definition) is 1. The van der Waals surface area contributed by atoms with Gasteiger partial charge < -0.3 is 15.0 Å². The third-order valence-electron chi connectivity index (χ3n) is 4.19. The summed E-state index contributed by atoms with van der Waals surface area (Å²) in [4.78, 5) is 15.6. The Bertz CT molecular complexity index is 644. The first-order valence-corrected chi connectivity index (χ1v) is 8.62. The van der Waals surface area contributed by atoms with Crippen molar-refractivity contribution >= 4 is 5.82 Å². The molecule has 2 aromatic heterocycles. The number of ether oxygens (including phenoxy) is 1. The Hall–Kier alpha value is -1.99. The van der Waals surface area contributed by atoms with Crippen LogP contribution in [0.4, 0.5) is 5.82 Å². The number of anilines is 1. The van der Waals surface area contributed by atoms with Crippen molar-refractivity contribution in [3.05, 3.63) is 30.6 Å². The fourth-order valence-corrected chi connectivity index (χ4v) is 2.98. The molecule has 0 radical (unpaired) electrons. The SMILES string of the molecule is Cc1nccn1-c1cncc(NCCCN2CCCO[C@@H](C)C2)n1. The standard InChI is InChI=1S/C17H26N6O/c1-14-13-22(8-4-10-24-14)7-3-5-20-16-11-18-12-17(21-16)23-9-6-19-15(23)2/h6,9,11-12,14H,3-5,7-8,10,13H2,1-2H3,(H,20,21)/t14-/m0/s1. The summed E-state index contributed by atoms with van der Waals surface area (Å²) in [5.41, 5.74) is 0. The summed E-state index contributed by atoms with van der Waals surface area (Å²) in [6.45, 7) is 9.09. The second-order valence-electron chi connectivity index (χ2n) is 6.22. The van der Waals surface area contributed by atoms with Crippen molar-refractivity contribution in [3.8, 4) is 5.82 Å². The van der Waals surface area contributed by atoms with E-state index in [1.54, 1.807) is 18.6 Å². The molecule has 1 saturated heterocycles. The van der Waals surface area contributed by atoms with Crippen LogP contribution >= 0.6 is 0 Å². The number of aryl methyl sites for hydroxylation is 1. The van der Waals surface area contributed by atoms with Crippen LogP contribution < -0.4 is 5.32 Å². The maximum Gasteiger partial charge on any atom is 0.159 e. The smallest absolute Gasteiger partial charge is 0.159 e. The quantitative estimate of drug-likeness (QED) is 0.816. The molecule has 24 heavy (non-hydrogen) atoms. The van der Waals surface area contributed by atoms with Gasteiger partial charge in [-0.05, 0) is 33.2 Å². The summed E-state index contributed by atoms with van der Waals surface area (Å²) < 4.78 is 7.61. The molecule has 3 rings (SSSR count). The molecule has 130 valence electrons. The zero-order chi connectivity index (χ0) is 16.8. The first-order valence-electron chi connectivity index (χ1n) is 8.62. The first kappa shape index (κ1) is 16.9. The van der Waals surface area contributed by atoms with Crippen molar-refractivity contribution in [3.63, 3.8) is 0 Å². The van der Waals surface area contributed by atoms with Crippen LogP contribution in [-0.2, 0) is 4.74 Å². The lowest BCUT2D eigenvalue weighted by Gasteiger charge is -2.21. The zero-order valence-electron chi connectivity index (χ0n) is 14.5. The second-order valence-corrected chi connectivity index (χ2v) is 6.22. The van der Waals surface area contributed by atoms with Crippen molar-refractivity contribution in [1.29, 1.82) is 0 Å². The van der Waals surface area contributed by atoms with Gasteiger partial charge in [0.05, 0.1) is 18.5 Å². The molecule has 1 atom stereocenters. The minimum absolute atomic E-state index is 0.335. The first-order chi connectivity index (χ1) is 11.7. The van der Waals surface area contributed by atoms with Gasteiger partial charge in [0.2, 0.25) is 0 Å². The van der Waals surface area contributed by atoms with Gasteiger partial charge in [0, 0.05) is 38.6 Å². The third kappa shape index (κ3) is 4.52. The van der Waals surface area contributed by atoms with Crippen molar-refractivity contribution in [1.82, 2.24) is 24.4 Å². The fourth-order valence-electron chi connectivity index (χ4n) is 2.98. The minimum atomic E-state index is 0.335. The van der Waals surface area contributed by atoms with Gasteiger partial charge in [0.1, 0.15) is 11.6 Å². The van der Waals surface area contributed by atoms with Crippen LogP contribution in [0.2, 0.25) is 0 Å². The molecule has 2 aromatic rings. The van der Waals surface area contributed by atoms with E-state index in [4.69, 9.17) is 4.74 Å². The lowest BCUT2D eigenvalue weighted by atomic mass is 10.3. The van der Waals surface area contributed by atoms with E-state index in [0.717, 1.165) is 63.1 Å². The molecule has 1 aliphatic rings. The zero-order valence-corrected chi connectivity index (χ0v) is 14.5. The van der Waals surface area contributed by atoms with Crippen molar-refractivity contribution in [2.24, 2.45) is 0 Å². The Morgan fingerprint density at radius 1 is 1.38 bits per heavy atom. The Morgan fingerprint density at radius 3 is 3.12 bits per heavy atom. The highest BCUT2D eigenvalue weighted by Gasteiger charge is 2.14. The molecule has 1 aliphatic heterocycles.